The quantitative estimate of drug-likeness (QED) is 0.618. The maximum atomic E-state index is 13.6. The lowest BCUT2D eigenvalue weighted by atomic mass is 9.98. The highest BCUT2D eigenvalue weighted by atomic mass is 32.2. The number of likely N-dealkylation sites (N-methyl/N-ethyl adjacent to an activating group) is 1. The van der Waals surface area contributed by atoms with Crippen molar-refractivity contribution in [3.05, 3.63) is 23.8 Å². The fraction of sp³-hybridized carbons (Fsp3) is 0.692. The molecule has 188 valence electrons. The summed E-state index contributed by atoms with van der Waals surface area (Å²) in [6.45, 7) is 7.12. The van der Waals surface area contributed by atoms with Crippen LogP contribution in [-0.2, 0) is 14.8 Å². The Kier molecular flexibility index (Phi) is 8.21. The summed E-state index contributed by atoms with van der Waals surface area (Å²) in [7, 11) is -1.72. The summed E-state index contributed by atoms with van der Waals surface area (Å²) in [5.41, 5.74) is 0.769. The standard InChI is InChI=1S/C26H38N2O5S/c1-19-15-28(20(2)18-29)34(30,31)26-9-8-22(7-6-21-4-5-21)14-24(26)33-25(19)17-27(3)16-23-10-12-32-13-11-23/h8-9,14,19-21,23,25,29H,4-5,10-13,15-18H2,1-3H3/t19-,20-,25+/m1/s1. The SMILES string of the molecule is C[C@@H]1CN([C@H](C)CO)S(=O)(=O)c2ccc(C#CC3CC3)cc2O[C@H]1CN(C)CC1CCOCC1. The Bertz CT molecular complexity index is 1010. The zero-order valence-corrected chi connectivity index (χ0v) is 21.4. The first-order chi connectivity index (χ1) is 16.3. The summed E-state index contributed by atoms with van der Waals surface area (Å²) >= 11 is 0. The molecule has 3 aliphatic rings. The zero-order valence-electron chi connectivity index (χ0n) is 20.6. The minimum absolute atomic E-state index is 0.0599. The van der Waals surface area contributed by atoms with Crippen molar-refractivity contribution in [1.29, 1.82) is 0 Å². The Hall–Kier alpha value is -1.63. The molecule has 1 aromatic carbocycles. The predicted octanol–water partition coefficient (Wildman–Crippen LogP) is 2.58. The highest BCUT2D eigenvalue weighted by Crippen LogP contribution is 2.34. The highest BCUT2D eigenvalue weighted by molar-refractivity contribution is 7.89. The molecule has 8 heteroatoms. The van der Waals surface area contributed by atoms with Gasteiger partial charge in [-0.25, -0.2) is 8.42 Å². The first-order valence-corrected chi connectivity index (χ1v) is 13.9. The van der Waals surface area contributed by atoms with Crippen LogP contribution < -0.4 is 4.74 Å². The summed E-state index contributed by atoms with van der Waals surface area (Å²) in [5.74, 6) is 7.79. The van der Waals surface area contributed by atoms with Crippen molar-refractivity contribution in [1.82, 2.24) is 9.21 Å². The van der Waals surface area contributed by atoms with Crippen LogP contribution in [0.1, 0.15) is 45.1 Å². The third-order valence-corrected chi connectivity index (χ3v) is 9.09. The van der Waals surface area contributed by atoms with Crippen molar-refractivity contribution in [2.24, 2.45) is 17.8 Å². The van der Waals surface area contributed by atoms with E-state index >= 15 is 0 Å². The van der Waals surface area contributed by atoms with Gasteiger partial charge in [-0.2, -0.15) is 4.31 Å². The van der Waals surface area contributed by atoms with Crippen LogP contribution >= 0.6 is 0 Å². The second-order valence-electron chi connectivity index (χ2n) is 10.2. The molecule has 4 rings (SSSR count). The van der Waals surface area contributed by atoms with Gasteiger partial charge in [0.25, 0.3) is 0 Å². The molecule has 1 saturated carbocycles. The summed E-state index contributed by atoms with van der Waals surface area (Å²) < 4.78 is 40.5. The molecule has 0 amide bonds. The van der Waals surface area contributed by atoms with Crippen LogP contribution in [0.25, 0.3) is 0 Å². The fourth-order valence-corrected chi connectivity index (χ4v) is 6.51. The van der Waals surface area contributed by atoms with Crippen LogP contribution in [0.15, 0.2) is 23.1 Å². The van der Waals surface area contributed by atoms with E-state index in [-0.39, 0.29) is 23.5 Å². The molecular weight excluding hydrogens is 452 g/mol. The molecule has 0 bridgehead atoms. The molecule has 2 heterocycles. The van der Waals surface area contributed by atoms with Crippen molar-refractivity contribution in [3.63, 3.8) is 0 Å². The van der Waals surface area contributed by atoms with E-state index in [1.807, 2.05) is 6.92 Å². The van der Waals surface area contributed by atoms with Gasteiger partial charge in [0.1, 0.15) is 16.7 Å². The third-order valence-electron chi connectivity index (χ3n) is 7.07. The second-order valence-corrected chi connectivity index (χ2v) is 12.1. The average Bonchev–Trinajstić information content (AvgIpc) is 3.64. The van der Waals surface area contributed by atoms with Crippen LogP contribution in [0.4, 0.5) is 0 Å². The molecule has 34 heavy (non-hydrogen) atoms. The average molecular weight is 491 g/mol. The Labute approximate surface area is 204 Å². The molecular formula is C26H38N2O5S. The van der Waals surface area contributed by atoms with Gasteiger partial charge in [-0.05, 0) is 63.8 Å². The van der Waals surface area contributed by atoms with Crippen molar-refractivity contribution in [2.45, 2.75) is 56.6 Å². The fourth-order valence-electron chi connectivity index (χ4n) is 4.69. The molecule has 2 aliphatic heterocycles. The molecule has 1 saturated heterocycles. The predicted molar refractivity (Wildman–Crippen MR) is 131 cm³/mol. The first kappa shape index (κ1) is 25.5. The number of ether oxygens (including phenoxy) is 2. The third kappa shape index (κ3) is 6.13. The monoisotopic (exact) mass is 490 g/mol. The first-order valence-electron chi connectivity index (χ1n) is 12.5. The van der Waals surface area contributed by atoms with E-state index in [4.69, 9.17) is 9.47 Å². The number of rotatable bonds is 6. The smallest absolute Gasteiger partial charge is 0.247 e. The number of hydrogen-bond donors (Lipinski definition) is 1. The molecule has 2 fully saturated rings. The molecule has 1 N–H and O–H groups in total. The molecule has 0 unspecified atom stereocenters. The van der Waals surface area contributed by atoms with Crippen LogP contribution in [-0.4, -0.2) is 81.4 Å². The van der Waals surface area contributed by atoms with Gasteiger partial charge >= 0.3 is 0 Å². The Morgan fingerprint density at radius 2 is 1.94 bits per heavy atom. The summed E-state index contributed by atoms with van der Waals surface area (Å²) in [5, 5.41) is 9.81. The summed E-state index contributed by atoms with van der Waals surface area (Å²) in [6.07, 6.45) is 4.21. The number of sulfonamides is 1. The van der Waals surface area contributed by atoms with E-state index < -0.39 is 16.1 Å². The minimum atomic E-state index is -3.82. The van der Waals surface area contributed by atoms with Gasteiger partial charge in [-0.15, -0.1) is 0 Å². The van der Waals surface area contributed by atoms with Crippen LogP contribution in [0, 0.1) is 29.6 Å². The lowest BCUT2D eigenvalue weighted by molar-refractivity contribution is 0.0402. The lowest BCUT2D eigenvalue weighted by Crippen LogP contribution is -2.50. The van der Waals surface area contributed by atoms with Crippen molar-refractivity contribution in [2.75, 3.05) is 46.5 Å². The van der Waals surface area contributed by atoms with Crippen LogP contribution in [0.2, 0.25) is 0 Å². The lowest BCUT2D eigenvalue weighted by Gasteiger charge is -2.38. The topological polar surface area (TPSA) is 79.3 Å². The Balaban J connectivity index is 1.62. The molecule has 1 aromatic rings. The maximum absolute atomic E-state index is 13.6. The van der Waals surface area contributed by atoms with E-state index in [0.29, 0.717) is 30.7 Å². The summed E-state index contributed by atoms with van der Waals surface area (Å²) in [4.78, 5) is 2.44. The van der Waals surface area contributed by atoms with Gasteiger partial charge in [0.05, 0.1) is 6.61 Å². The number of aliphatic hydroxyl groups is 1. The maximum Gasteiger partial charge on any atom is 0.247 e. The number of benzene rings is 1. The molecule has 1 aliphatic carbocycles. The Morgan fingerprint density at radius 3 is 2.62 bits per heavy atom. The Morgan fingerprint density at radius 1 is 1.21 bits per heavy atom. The number of aliphatic hydroxyl groups excluding tert-OH is 1. The van der Waals surface area contributed by atoms with Crippen molar-refractivity contribution in [3.8, 4) is 17.6 Å². The number of nitrogens with zero attached hydrogens (tertiary/aromatic N) is 2. The normalized spacial score (nSPS) is 26.5. The van der Waals surface area contributed by atoms with Crippen molar-refractivity contribution < 1.29 is 23.0 Å². The van der Waals surface area contributed by atoms with Gasteiger partial charge in [-0.3, -0.25) is 0 Å². The van der Waals surface area contributed by atoms with E-state index in [9.17, 15) is 13.5 Å². The zero-order chi connectivity index (χ0) is 24.3. The van der Waals surface area contributed by atoms with Gasteiger partial charge in [0.15, 0.2) is 0 Å². The van der Waals surface area contributed by atoms with Gasteiger partial charge < -0.3 is 19.5 Å². The van der Waals surface area contributed by atoms with Crippen molar-refractivity contribution >= 4 is 10.0 Å². The minimum Gasteiger partial charge on any atom is -0.487 e. The van der Waals surface area contributed by atoms with E-state index in [2.05, 4.69) is 23.8 Å². The van der Waals surface area contributed by atoms with Crippen LogP contribution in [0.3, 0.4) is 0 Å². The number of fused-ring (bicyclic) bond motifs is 1. The molecule has 3 atom stereocenters. The van der Waals surface area contributed by atoms with Gasteiger partial charge in [0.2, 0.25) is 10.0 Å². The molecule has 0 aromatic heterocycles. The largest absolute Gasteiger partial charge is 0.487 e. The van der Waals surface area contributed by atoms with Crippen LogP contribution in [0.5, 0.6) is 5.75 Å². The molecule has 0 spiro atoms. The summed E-state index contributed by atoms with van der Waals surface area (Å²) in [6, 6.07) is 4.62. The molecule has 0 radical (unpaired) electrons. The second kappa shape index (κ2) is 11.0. The van der Waals surface area contributed by atoms with E-state index in [1.165, 1.54) is 4.31 Å². The molecule has 7 nitrogen and oxygen atoms in total. The van der Waals surface area contributed by atoms with Gasteiger partial charge in [0, 0.05) is 56.3 Å². The van der Waals surface area contributed by atoms with Gasteiger partial charge in [-0.1, -0.05) is 18.8 Å². The van der Waals surface area contributed by atoms with E-state index in [1.54, 1.807) is 25.1 Å². The number of hydrogen-bond acceptors (Lipinski definition) is 6. The van der Waals surface area contributed by atoms with E-state index in [0.717, 1.165) is 51.0 Å². The highest BCUT2D eigenvalue weighted by Gasteiger charge is 2.38.